The van der Waals surface area contributed by atoms with Crippen molar-refractivity contribution < 1.29 is 4.42 Å². The van der Waals surface area contributed by atoms with Crippen LogP contribution in [0, 0.1) is 0 Å². The fraction of sp³-hybridized carbons (Fsp3) is 0.333. The Balaban J connectivity index is 1.94. The van der Waals surface area contributed by atoms with Gasteiger partial charge in [-0.05, 0) is 36.7 Å². The van der Waals surface area contributed by atoms with Crippen molar-refractivity contribution in [3.05, 3.63) is 54.0 Å². The van der Waals surface area contributed by atoms with Crippen molar-refractivity contribution in [2.24, 2.45) is 0 Å². The van der Waals surface area contributed by atoms with E-state index in [9.17, 15) is 0 Å². The van der Waals surface area contributed by atoms with Gasteiger partial charge in [-0.25, -0.2) is 0 Å². The van der Waals surface area contributed by atoms with E-state index in [4.69, 9.17) is 4.42 Å². The molecule has 1 aromatic heterocycles. The Hall–Kier alpha value is -1.19. The van der Waals surface area contributed by atoms with Crippen LogP contribution < -0.4 is 5.32 Å². The SMILES string of the molecule is CCCNCc1ccccc1SCc1ccco1. The molecule has 0 saturated heterocycles. The molecule has 2 nitrogen and oxygen atoms in total. The van der Waals surface area contributed by atoms with Crippen molar-refractivity contribution in [3.63, 3.8) is 0 Å². The summed E-state index contributed by atoms with van der Waals surface area (Å²) in [7, 11) is 0. The second-order valence-electron chi connectivity index (χ2n) is 4.15. The lowest BCUT2D eigenvalue weighted by Gasteiger charge is -2.09. The number of hydrogen-bond donors (Lipinski definition) is 1. The zero-order valence-electron chi connectivity index (χ0n) is 10.7. The first kappa shape index (κ1) is 13.2. The van der Waals surface area contributed by atoms with Crippen LogP contribution in [0.5, 0.6) is 0 Å². The first-order valence-corrected chi connectivity index (χ1v) is 7.32. The van der Waals surface area contributed by atoms with Gasteiger partial charge in [-0.3, -0.25) is 0 Å². The normalized spacial score (nSPS) is 10.7. The van der Waals surface area contributed by atoms with E-state index in [2.05, 4.69) is 36.5 Å². The summed E-state index contributed by atoms with van der Waals surface area (Å²) in [6.07, 6.45) is 2.90. The summed E-state index contributed by atoms with van der Waals surface area (Å²) < 4.78 is 5.36. The molecule has 0 aliphatic carbocycles. The molecule has 0 radical (unpaired) electrons. The molecule has 0 amide bonds. The monoisotopic (exact) mass is 261 g/mol. The summed E-state index contributed by atoms with van der Waals surface area (Å²) in [4.78, 5) is 1.33. The highest BCUT2D eigenvalue weighted by atomic mass is 32.2. The van der Waals surface area contributed by atoms with Crippen LogP contribution in [0.15, 0.2) is 52.0 Å². The second-order valence-corrected chi connectivity index (χ2v) is 5.17. The third kappa shape index (κ3) is 3.93. The minimum Gasteiger partial charge on any atom is -0.468 e. The number of furan rings is 1. The third-order valence-electron chi connectivity index (χ3n) is 2.66. The van der Waals surface area contributed by atoms with Crippen LogP contribution in [0.4, 0.5) is 0 Å². The first-order chi connectivity index (χ1) is 8.90. The number of rotatable bonds is 7. The molecule has 1 N–H and O–H groups in total. The van der Waals surface area contributed by atoms with Crippen LogP contribution in [0.1, 0.15) is 24.7 Å². The summed E-state index contributed by atoms with van der Waals surface area (Å²) in [6, 6.07) is 12.5. The highest BCUT2D eigenvalue weighted by Gasteiger charge is 2.03. The Morgan fingerprint density at radius 1 is 1.17 bits per heavy atom. The number of nitrogens with one attached hydrogen (secondary N) is 1. The van der Waals surface area contributed by atoms with Crippen LogP contribution >= 0.6 is 11.8 Å². The molecule has 0 fully saturated rings. The van der Waals surface area contributed by atoms with Crippen molar-refractivity contribution in [1.29, 1.82) is 0 Å². The lowest BCUT2D eigenvalue weighted by atomic mass is 10.2. The van der Waals surface area contributed by atoms with Gasteiger partial charge in [0.15, 0.2) is 0 Å². The molecule has 0 spiro atoms. The fourth-order valence-electron chi connectivity index (χ4n) is 1.73. The highest BCUT2D eigenvalue weighted by Crippen LogP contribution is 2.26. The van der Waals surface area contributed by atoms with Crippen LogP contribution in [0.3, 0.4) is 0 Å². The number of benzene rings is 1. The van der Waals surface area contributed by atoms with Crippen molar-refractivity contribution in [3.8, 4) is 0 Å². The van der Waals surface area contributed by atoms with Gasteiger partial charge >= 0.3 is 0 Å². The van der Waals surface area contributed by atoms with Crippen LogP contribution in [-0.4, -0.2) is 6.54 Å². The van der Waals surface area contributed by atoms with Crippen molar-refractivity contribution >= 4 is 11.8 Å². The lowest BCUT2D eigenvalue weighted by molar-refractivity contribution is 0.530. The molecule has 1 heterocycles. The van der Waals surface area contributed by atoms with E-state index in [0.717, 1.165) is 24.6 Å². The number of hydrogen-bond acceptors (Lipinski definition) is 3. The summed E-state index contributed by atoms with van der Waals surface area (Å²) in [5.74, 6) is 1.91. The van der Waals surface area contributed by atoms with Crippen molar-refractivity contribution in [2.45, 2.75) is 30.5 Å². The Morgan fingerprint density at radius 3 is 2.83 bits per heavy atom. The van der Waals surface area contributed by atoms with E-state index in [1.165, 1.54) is 16.9 Å². The molecule has 3 heteroatoms. The predicted octanol–water partition coefficient (Wildman–Crippen LogP) is 4.07. The van der Waals surface area contributed by atoms with E-state index < -0.39 is 0 Å². The standard InChI is InChI=1S/C15H19NOS/c1-2-9-16-11-13-6-3-4-8-15(13)18-12-14-7-5-10-17-14/h3-8,10,16H,2,9,11-12H2,1H3. The van der Waals surface area contributed by atoms with Gasteiger partial charge in [-0.1, -0.05) is 25.1 Å². The van der Waals surface area contributed by atoms with Crippen molar-refractivity contribution in [1.82, 2.24) is 5.32 Å². The van der Waals surface area contributed by atoms with Gasteiger partial charge in [-0.15, -0.1) is 11.8 Å². The van der Waals surface area contributed by atoms with Gasteiger partial charge in [0.25, 0.3) is 0 Å². The molecule has 96 valence electrons. The molecule has 0 saturated carbocycles. The van der Waals surface area contributed by atoms with Crippen molar-refractivity contribution in [2.75, 3.05) is 6.54 Å². The van der Waals surface area contributed by atoms with E-state index in [1.54, 1.807) is 6.26 Å². The zero-order chi connectivity index (χ0) is 12.6. The summed E-state index contributed by atoms with van der Waals surface area (Å²) in [6.45, 7) is 4.19. The maximum atomic E-state index is 5.36. The van der Waals surface area contributed by atoms with Gasteiger partial charge in [0.2, 0.25) is 0 Å². The molecule has 1 aromatic carbocycles. The smallest absolute Gasteiger partial charge is 0.113 e. The topological polar surface area (TPSA) is 25.2 Å². The molecule has 2 aromatic rings. The van der Waals surface area contributed by atoms with Crippen LogP contribution in [0.25, 0.3) is 0 Å². The van der Waals surface area contributed by atoms with E-state index in [-0.39, 0.29) is 0 Å². The Morgan fingerprint density at radius 2 is 2.06 bits per heavy atom. The molecule has 0 unspecified atom stereocenters. The van der Waals surface area contributed by atoms with Gasteiger partial charge in [0.05, 0.1) is 12.0 Å². The Kier molecular flexibility index (Phi) is 5.36. The molecule has 0 aliphatic heterocycles. The minimum atomic E-state index is 0.887. The number of thioether (sulfide) groups is 1. The highest BCUT2D eigenvalue weighted by molar-refractivity contribution is 7.98. The fourth-order valence-corrected chi connectivity index (χ4v) is 2.70. The Labute approximate surface area is 113 Å². The molecule has 0 aliphatic rings. The van der Waals surface area contributed by atoms with Crippen LogP contribution in [0.2, 0.25) is 0 Å². The average Bonchev–Trinajstić information content (AvgIpc) is 2.91. The van der Waals surface area contributed by atoms with E-state index in [0.29, 0.717) is 0 Å². The van der Waals surface area contributed by atoms with Gasteiger partial charge in [0.1, 0.15) is 5.76 Å². The van der Waals surface area contributed by atoms with E-state index >= 15 is 0 Å². The molecule has 0 atom stereocenters. The maximum Gasteiger partial charge on any atom is 0.113 e. The summed E-state index contributed by atoms with van der Waals surface area (Å²) in [5, 5.41) is 3.45. The van der Waals surface area contributed by atoms with Gasteiger partial charge in [-0.2, -0.15) is 0 Å². The molecule has 18 heavy (non-hydrogen) atoms. The molecule has 2 rings (SSSR count). The lowest BCUT2D eigenvalue weighted by Crippen LogP contribution is -2.14. The first-order valence-electron chi connectivity index (χ1n) is 6.34. The van der Waals surface area contributed by atoms with E-state index in [1.807, 2.05) is 23.9 Å². The maximum absolute atomic E-state index is 5.36. The molecule has 0 bridgehead atoms. The third-order valence-corrected chi connectivity index (χ3v) is 3.80. The predicted molar refractivity (Wildman–Crippen MR) is 76.7 cm³/mol. The average molecular weight is 261 g/mol. The minimum absolute atomic E-state index is 0.887. The summed E-state index contributed by atoms with van der Waals surface area (Å²) in [5.41, 5.74) is 1.36. The zero-order valence-corrected chi connectivity index (χ0v) is 11.5. The molecular weight excluding hydrogens is 242 g/mol. The van der Waals surface area contributed by atoms with Gasteiger partial charge in [0, 0.05) is 11.4 Å². The van der Waals surface area contributed by atoms with Gasteiger partial charge < -0.3 is 9.73 Å². The largest absolute Gasteiger partial charge is 0.468 e. The van der Waals surface area contributed by atoms with Crippen LogP contribution in [-0.2, 0) is 12.3 Å². The second kappa shape index (κ2) is 7.29. The summed E-state index contributed by atoms with van der Waals surface area (Å²) >= 11 is 1.83. The molecular formula is C15H19NOS. The quantitative estimate of drug-likeness (QED) is 0.601. The Bertz CT molecular complexity index is 453.